The SMILES string of the molecule is CC(C)CNC(=O)c1ccc2c(ccn2C)c1. The molecule has 0 spiro atoms. The van der Waals surface area contributed by atoms with Gasteiger partial charge in [-0.2, -0.15) is 0 Å². The van der Waals surface area contributed by atoms with E-state index in [1.54, 1.807) is 0 Å². The molecule has 0 bridgehead atoms. The van der Waals surface area contributed by atoms with E-state index in [1.807, 2.05) is 42.1 Å². The van der Waals surface area contributed by atoms with Crippen LogP contribution in [0, 0.1) is 5.92 Å². The fourth-order valence-corrected chi connectivity index (χ4v) is 1.82. The summed E-state index contributed by atoms with van der Waals surface area (Å²) in [6.07, 6.45) is 2.00. The quantitative estimate of drug-likeness (QED) is 0.864. The van der Waals surface area contributed by atoms with Crippen LogP contribution < -0.4 is 5.32 Å². The molecule has 2 aromatic rings. The van der Waals surface area contributed by atoms with E-state index in [0.717, 1.165) is 16.5 Å². The minimum absolute atomic E-state index is 0.00412. The van der Waals surface area contributed by atoms with Crippen molar-refractivity contribution >= 4 is 16.8 Å². The number of rotatable bonds is 3. The van der Waals surface area contributed by atoms with Crippen LogP contribution in [0.15, 0.2) is 30.5 Å². The standard InChI is InChI=1S/C14H18N2O/c1-10(2)9-15-14(17)12-4-5-13-11(8-12)6-7-16(13)3/h4-8,10H,9H2,1-3H3,(H,15,17). The van der Waals surface area contributed by atoms with E-state index in [4.69, 9.17) is 0 Å². The molecule has 17 heavy (non-hydrogen) atoms. The highest BCUT2D eigenvalue weighted by atomic mass is 16.1. The number of carbonyl (C=O) groups excluding carboxylic acids is 1. The van der Waals surface area contributed by atoms with E-state index >= 15 is 0 Å². The molecule has 0 aliphatic heterocycles. The largest absolute Gasteiger partial charge is 0.352 e. The Kier molecular flexibility index (Phi) is 3.18. The number of carbonyl (C=O) groups is 1. The van der Waals surface area contributed by atoms with Crippen molar-refractivity contribution in [1.29, 1.82) is 0 Å². The Labute approximate surface area is 101 Å². The minimum Gasteiger partial charge on any atom is -0.352 e. The maximum Gasteiger partial charge on any atom is 0.251 e. The minimum atomic E-state index is 0.00412. The molecule has 1 amide bonds. The molecule has 1 aromatic heterocycles. The number of hydrogen-bond acceptors (Lipinski definition) is 1. The zero-order valence-corrected chi connectivity index (χ0v) is 10.5. The first-order valence-electron chi connectivity index (χ1n) is 5.91. The van der Waals surface area contributed by atoms with Gasteiger partial charge in [-0.1, -0.05) is 13.8 Å². The summed E-state index contributed by atoms with van der Waals surface area (Å²) in [5.41, 5.74) is 1.87. The Hall–Kier alpha value is -1.77. The number of amides is 1. The molecule has 1 heterocycles. The fraction of sp³-hybridized carbons (Fsp3) is 0.357. The zero-order chi connectivity index (χ0) is 12.4. The van der Waals surface area contributed by atoms with Crippen molar-refractivity contribution in [3.8, 4) is 0 Å². The highest BCUT2D eigenvalue weighted by Crippen LogP contribution is 2.16. The zero-order valence-electron chi connectivity index (χ0n) is 10.5. The third kappa shape index (κ3) is 2.49. The smallest absolute Gasteiger partial charge is 0.251 e. The third-order valence-electron chi connectivity index (χ3n) is 2.82. The number of nitrogens with zero attached hydrogens (tertiary/aromatic N) is 1. The van der Waals surface area contributed by atoms with Crippen LogP contribution >= 0.6 is 0 Å². The van der Waals surface area contributed by atoms with Crippen LogP contribution in [0.3, 0.4) is 0 Å². The molecule has 90 valence electrons. The Bertz CT molecular complexity index is 540. The number of fused-ring (bicyclic) bond motifs is 1. The molecule has 0 fully saturated rings. The van der Waals surface area contributed by atoms with Crippen molar-refractivity contribution in [2.45, 2.75) is 13.8 Å². The van der Waals surface area contributed by atoms with Gasteiger partial charge in [-0.3, -0.25) is 4.79 Å². The van der Waals surface area contributed by atoms with Crippen molar-refractivity contribution in [3.05, 3.63) is 36.0 Å². The van der Waals surface area contributed by atoms with Gasteiger partial charge in [0.05, 0.1) is 0 Å². The van der Waals surface area contributed by atoms with E-state index in [2.05, 4.69) is 19.2 Å². The van der Waals surface area contributed by atoms with E-state index in [1.165, 1.54) is 0 Å². The van der Waals surface area contributed by atoms with Crippen LogP contribution in [0.25, 0.3) is 10.9 Å². The molecular weight excluding hydrogens is 212 g/mol. The van der Waals surface area contributed by atoms with Crippen LogP contribution in [0.5, 0.6) is 0 Å². The monoisotopic (exact) mass is 230 g/mol. The number of nitrogens with one attached hydrogen (secondary N) is 1. The first-order chi connectivity index (χ1) is 8.08. The van der Waals surface area contributed by atoms with Gasteiger partial charge < -0.3 is 9.88 Å². The molecule has 3 nitrogen and oxygen atoms in total. The summed E-state index contributed by atoms with van der Waals surface area (Å²) in [4.78, 5) is 11.9. The molecule has 3 heteroatoms. The lowest BCUT2D eigenvalue weighted by Crippen LogP contribution is -2.27. The fourth-order valence-electron chi connectivity index (χ4n) is 1.82. The lowest BCUT2D eigenvalue weighted by atomic mass is 10.1. The normalized spacial score (nSPS) is 11.1. The molecule has 0 saturated heterocycles. The molecular formula is C14H18N2O. The van der Waals surface area contributed by atoms with Crippen LogP contribution in [-0.4, -0.2) is 17.0 Å². The molecule has 0 aliphatic carbocycles. The third-order valence-corrected chi connectivity index (χ3v) is 2.82. The maximum atomic E-state index is 11.9. The summed E-state index contributed by atoms with van der Waals surface area (Å²) in [7, 11) is 2.00. The molecule has 2 rings (SSSR count). The number of benzene rings is 1. The molecule has 0 aliphatic rings. The Balaban J connectivity index is 2.21. The second kappa shape index (κ2) is 4.62. The van der Waals surface area contributed by atoms with Gasteiger partial charge in [0, 0.05) is 36.3 Å². The maximum absolute atomic E-state index is 11.9. The molecule has 1 N–H and O–H groups in total. The van der Waals surface area contributed by atoms with Crippen LogP contribution in [0.4, 0.5) is 0 Å². The first kappa shape index (κ1) is 11.7. The van der Waals surface area contributed by atoms with Gasteiger partial charge in [0.2, 0.25) is 0 Å². The number of aryl methyl sites for hydroxylation is 1. The van der Waals surface area contributed by atoms with Crippen LogP contribution in [0.1, 0.15) is 24.2 Å². The Morgan fingerprint density at radius 2 is 2.12 bits per heavy atom. The summed E-state index contributed by atoms with van der Waals surface area (Å²) in [5, 5.41) is 4.03. The van der Waals surface area contributed by atoms with Gasteiger partial charge in [0.1, 0.15) is 0 Å². The lowest BCUT2D eigenvalue weighted by molar-refractivity contribution is 0.0949. The van der Waals surface area contributed by atoms with Crippen molar-refractivity contribution in [1.82, 2.24) is 9.88 Å². The molecule has 0 saturated carbocycles. The number of aromatic nitrogens is 1. The topological polar surface area (TPSA) is 34.0 Å². The van der Waals surface area contributed by atoms with E-state index in [-0.39, 0.29) is 5.91 Å². The van der Waals surface area contributed by atoms with E-state index in [0.29, 0.717) is 12.5 Å². The predicted octanol–water partition coefficient (Wildman–Crippen LogP) is 2.56. The van der Waals surface area contributed by atoms with Gasteiger partial charge in [0.15, 0.2) is 0 Å². The van der Waals surface area contributed by atoms with Gasteiger partial charge in [-0.25, -0.2) is 0 Å². The van der Waals surface area contributed by atoms with Gasteiger partial charge in [-0.15, -0.1) is 0 Å². The second-order valence-corrected chi connectivity index (χ2v) is 4.80. The molecule has 0 radical (unpaired) electrons. The van der Waals surface area contributed by atoms with Crippen molar-refractivity contribution < 1.29 is 4.79 Å². The summed E-state index contributed by atoms with van der Waals surface area (Å²) < 4.78 is 2.05. The summed E-state index contributed by atoms with van der Waals surface area (Å²) in [6.45, 7) is 4.88. The van der Waals surface area contributed by atoms with E-state index < -0.39 is 0 Å². The highest BCUT2D eigenvalue weighted by molar-refractivity contribution is 5.98. The Morgan fingerprint density at radius 1 is 1.35 bits per heavy atom. The molecule has 0 atom stereocenters. The van der Waals surface area contributed by atoms with Crippen molar-refractivity contribution in [3.63, 3.8) is 0 Å². The summed E-state index contributed by atoms with van der Waals surface area (Å²) in [5.74, 6) is 0.476. The van der Waals surface area contributed by atoms with Crippen molar-refractivity contribution in [2.24, 2.45) is 13.0 Å². The van der Waals surface area contributed by atoms with Gasteiger partial charge in [-0.05, 0) is 30.2 Å². The predicted molar refractivity (Wildman–Crippen MR) is 70.1 cm³/mol. The lowest BCUT2D eigenvalue weighted by Gasteiger charge is -2.07. The average molecular weight is 230 g/mol. The van der Waals surface area contributed by atoms with Crippen LogP contribution in [-0.2, 0) is 7.05 Å². The second-order valence-electron chi connectivity index (χ2n) is 4.80. The number of hydrogen-bond donors (Lipinski definition) is 1. The summed E-state index contributed by atoms with van der Waals surface area (Å²) in [6, 6.07) is 7.82. The van der Waals surface area contributed by atoms with Crippen LogP contribution in [0.2, 0.25) is 0 Å². The molecule has 0 unspecified atom stereocenters. The first-order valence-corrected chi connectivity index (χ1v) is 5.91. The van der Waals surface area contributed by atoms with E-state index in [9.17, 15) is 4.79 Å². The van der Waals surface area contributed by atoms with Gasteiger partial charge in [0.25, 0.3) is 5.91 Å². The highest BCUT2D eigenvalue weighted by Gasteiger charge is 2.07. The Morgan fingerprint density at radius 3 is 2.82 bits per heavy atom. The van der Waals surface area contributed by atoms with Crippen molar-refractivity contribution in [2.75, 3.05) is 6.54 Å². The van der Waals surface area contributed by atoms with Gasteiger partial charge >= 0.3 is 0 Å². The average Bonchev–Trinajstić information content (AvgIpc) is 2.67. The summed E-state index contributed by atoms with van der Waals surface area (Å²) >= 11 is 0. The molecule has 1 aromatic carbocycles.